The van der Waals surface area contributed by atoms with Crippen molar-refractivity contribution in [3.05, 3.63) is 35.5 Å². The highest BCUT2D eigenvalue weighted by atomic mass is 16.1. The molecule has 0 fully saturated rings. The Morgan fingerprint density at radius 2 is 2.24 bits per heavy atom. The molecule has 0 bridgehead atoms. The van der Waals surface area contributed by atoms with Gasteiger partial charge in [-0.3, -0.25) is 4.79 Å². The van der Waals surface area contributed by atoms with Gasteiger partial charge in [0.25, 0.3) is 0 Å². The number of amides is 1. The maximum absolute atomic E-state index is 11.2. The largest absolute Gasteiger partial charge is 0.368 e. The Bertz CT molecular complexity index is 586. The van der Waals surface area contributed by atoms with Gasteiger partial charge in [-0.25, -0.2) is 0 Å². The second-order valence-electron chi connectivity index (χ2n) is 4.42. The fourth-order valence-corrected chi connectivity index (χ4v) is 2.67. The third kappa shape index (κ3) is 1.61. The van der Waals surface area contributed by atoms with Crippen LogP contribution in [-0.2, 0) is 24.3 Å². The molecule has 1 aromatic heterocycles. The predicted molar refractivity (Wildman–Crippen MR) is 66.5 cm³/mol. The average molecular weight is 229 g/mol. The van der Waals surface area contributed by atoms with Crippen molar-refractivity contribution >= 4 is 16.8 Å². The minimum atomic E-state index is -0.292. The van der Waals surface area contributed by atoms with E-state index in [4.69, 9.17) is 5.73 Å². The molecule has 1 aliphatic rings. The fraction of sp³-hybridized carbons (Fsp3) is 0.308. The van der Waals surface area contributed by atoms with E-state index in [0.29, 0.717) is 0 Å². The molecule has 1 aromatic carbocycles. The van der Waals surface area contributed by atoms with Crippen molar-refractivity contribution < 1.29 is 4.79 Å². The van der Waals surface area contributed by atoms with E-state index < -0.39 is 0 Å². The molecule has 4 nitrogen and oxygen atoms in total. The van der Waals surface area contributed by atoms with Gasteiger partial charge in [0.05, 0.1) is 0 Å². The van der Waals surface area contributed by atoms with Crippen LogP contribution in [0.3, 0.4) is 0 Å². The smallest absolute Gasteiger partial charge is 0.237 e. The number of para-hydroxylation sites is 1. The summed E-state index contributed by atoms with van der Waals surface area (Å²) >= 11 is 0. The summed E-state index contributed by atoms with van der Waals surface area (Å²) in [6.07, 6.45) is 1.02. The van der Waals surface area contributed by atoms with Crippen LogP contribution in [0.2, 0.25) is 0 Å². The van der Waals surface area contributed by atoms with Gasteiger partial charge in [0.1, 0.15) is 6.54 Å². The fourth-order valence-electron chi connectivity index (χ4n) is 2.67. The van der Waals surface area contributed by atoms with Crippen molar-refractivity contribution in [1.29, 1.82) is 0 Å². The van der Waals surface area contributed by atoms with Gasteiger partial charge in [-0.05, 0) is 24.6 Å². The van der Waals surface area contributed by atoms with Crippen LogP contribution in [0.4, 0.5) is 0 Å². The molecule has 1 amide bonds. The second kappa shape index (κ2) is 3.89. The van der Waals surface area contributed by atoms with Crippen molar-refractivity contribution in [2.24, 2.45) is 5.73 Å². The maximum atomic E-state index is 11.2. The van der Waals surface area contributed by atoms with Crippen LogP contribution in [0, 0.1) is 0 Å². The van der Waals surface area contributed by atoms with E-state index in [1.54, 1.807) is 0 Å². The lowest BCUT2D eigenvalue weighted by Gasteiger charge is -2.16. The van der Waals surface area contributed by atoms with Crippen LogP contribution in [0.5, 0.6) is 0 Å². The molecule has 4 heteroatoms. The van der Waals surface area contributed by atoms with Gasteiger partial charge in [0.15, 0.2) is 0 Å². The highest BCUT2D eigenvalue weighted by molar-refractivity contribution is 5.87. The SMILES string of the molecule is NC(=O)Cn1c2c(c3ccccc31)CCNC2. The van der Waals surface area contributed by atoms with Crippen LogP contribution >= 0.6 is 0 Å². The quantitative estimate of drug-likeness (QED) is 0.799. The molecule has 0 atom stereocenters. The molecular formula is C13H15N3O. The highest BCUT2D eigenvalue weighted by Crippen LogP contribution is 2.28. The molecule has 0 radical (unpaired) electrons. The molecule has 3 rings (SSSR count). The number of nitrogens with one attached hydrogen (secondary N) is 1. The Morgan fingerprint density at radius 3 is 3.06 bits per heavy atom. The summed E-state index contributed by atoms with van der Waals surface area (Å²) in [5.41, 5.74) is 9.01. The number of hydrogen-bond acceptors (Lipinski definition) is 2. The zero-order valence-electron chi connectivity index (χ0n) is 9.57. The number of nitrogens with two attached hydrogens (primary N) is 1. The highest BCUT2D eigenvalue weighted by Gasteiger charge is 2.19. The Kier molecular flexibility index (Phi) is 2.37. The summed E-state index contributed by atoms with van der Waals surface area (Å²) in [5, 5.41) is 4.60. The number of nitrogens with zero attached hydrogens (tertiary/aromatic N) is 1. The van der Waals surface area contributed by atoms with E-state index in [0.717, 1.165) is 25.0 Å². The average Bonchev–Trinajstić information content (AvgIpc) is 2.65. The van der Waals surface area contributed by atoms with Gasteiger partial charge in [-0.15, -0.1) is 0 Å². The third-order valence-electron chi connectivity index (χ3n) is 3.35. The first-order valence-electron chi connectivity index (χ1n) is 5.85. The van der Waals surface area contributed by atoms with E-state index in [-0.39, 0.29) is 12.5 Å². The van der Waals surface area contributed by atoms with Crippen molar-refractivity contribution in [1.82, 2.24) is 9.88 Å². The van der Waals surface area contributed by atoms with Gasteiger partial charge >= 0.3 is 0 Å². The van der Waals surface area contributed by atoms with E-state index in [1.807, 2.05) is 16.7 Å². The number of benzene rings is 1. The molecule has 1 aliphatic heterocycles. The maximum Gasteiger partial charge on any atom is 0.237 e. The summed E-state index contributed by atoms with van der Waals surface area (Å²) in [5.74, 6) is -0.292. The summed E-state index contributed by atoms with van der Waals surface area (Å²) in [6.45, 7) is 2.08. The lowest BCUT2D eigenvalue weighted by Crippen LogP contribution is -2.27. The zero-order valence-corrected chi connectivity index (χ0v) is 9.57. The summed E-state index contributed by atoms with van der Waals surface area (Å²) < 4.78 is 2.04. The van der Waals surface area contributed by atoms with Crippen molar-refractivity contribution in [2.75, 3.05) is 6.54 Å². The first kappa shape index (κ1) is 10.4. The lowest BCUT2D eigenvalue weighted by atomic mass is 10.1. The normalized spacial score (nSPS) is 14.8. The van der Waals surface area contributed by atoms with Gasteiger partial charge in [-0.1, -0.05) is 18.2 Å². The van der Waals surface area contributed by atoms with Crippen molar-refractivity contribution in [3.63, 3.8) is 0 Å². The zero-order chi connectivity index (χ0) is 11.8. The van der Waals surface area contributed by atoms with Crippen LogP contribution in [0.25, 0.3) is 10.9 Å². The Balaban J connectivity index is 2.27. The number of rotatable bonds is 2. The number of aromatic nitrogens is 1. The third-order valence-corrected chi connectivity index (χ3v) is 3.35. The number of carbonyl (C=O) groups is 1. The minimum absolute atomic E-state index is 0.261. The standard InChI is InChI=1S/C13H15N3O/c14-13(17)8-16-11-4-2-1-3-9(11)10-5-6-15-7-12(10)16/h1-4,15H,5-8H2,(H2,14,17). The molecule has 3 N–H and O–H groups in total. The van der Waals surface area contributed by atoms with Gasteiger partial charge in [0.2, 0.25) is 5.91 Å². The topological polar surface area (TPSA) is 60.1 Å². The van der Waals surface area contributed by atoms with Crippen molar-refractivity contribution in [2.45, 2.75) is 19.5 Å². The molecule has 0 spiro atoms. The summed E-state index contributed by atoms with van der Waals surface area (Å²) in [4.78, 5) is 11.2. The summed E-state index contributed by atoms with van der Waals surface area (Å²) in [6, 6.07) is 8.21. The van der Waals surface area contributed by atoms with E-state index >= 15 is 0 Å². The number of hydrogen-bond donors (Lipinski definition) is 2. The second-order valence-corrected chi connectivity index (χ2v) is 4.42. The van der Waals surface area contributed by atoms with Crippen molar-refractivity contribution in [3.8, 4) is 0 Å². The molecular weight excluding hydrogens is 214 g/mol. The Hall–Kier alpha value is -1.81. The Morgan fingerprint density at radius 1 is 1.41 bits per heavy atom. The molecule has 88 valence electrons. The van der Waals surface area contributed by atoms with E-state index in [2.05, 4.69) is 17.4 Å². The van der Waals surface area contributed by atoms with E-state index in [1.165, 1.54) is 16.6 Å². The molecule has 2 aromatic rings. The van der Waals surface area contributed by atoms with Gasteiger partial charge in [-0.2, -0.15) is 0 Å². The minimum Gasteiger partial charge on any atom is -0.368 e. The Labute approximate surface area is 99.4 Å². The van der Waals surface area contributed by atoms with Crippen LogP contribution in [0.1, 0.15) is 11.3 Å². The molecule has 0 saturated heterocycles. The van der Waals surface area contributed by atoms with Gasteiger partial charge in [0, 0.05) is 23.1 Å². The first-order chi connectivity index (χ1) is 8.27. The molecule has 0 saturated carbocycles. The van der Waals surface area contributed by atoms with Gasteiger partial charge < -0.3 is 15.6 Å². The molecule has 0 unspecified atom stereocenters. The van der Waals surface area contributed by atoms with Crippen LogP contribution in [0.15, 0.2) is 24.3 Å². The van der Waals surface area contributed by atoms with Crippen LogP contribution in [-0.4, -0.2) is 17.0 Å². The monoisotopic (exact) mass is 229 g/mol. The first-order valence-corrected chi connectivity index (χ1v) is 5.85. The summed E-state index contributed by atoms with van der Waals surface area (Å²) in [7, 11) is 0. The number of carbonyl (C=O) groups excluding carboxylic acids is 1. The van der Waals surface area contributed by atoms with Crippen LogP contribution < -0.4 is 11.1 Å². The number of primary amides is 1. The molecule has 2 heterocycles. The molecule has 0 aliphatic carbocycles. The number of fused-ring (bicyclic) bond motifs is 3. The molecule has 17 heavy (non-hydrogen) atoms. The predicted octanol–water partition coefficient (Wildman–Crippen LogP) is 0.772. The lowest BCUT2D eigenvalue weighted by molar-refractivity contribution is -0.118. The van der Waals surface area contributed by atoms with E-state index in [9.17, 15) is 4.79 Å².